The number of fused-ring (bicyclic) bond motifs is 2. The first kappa shape index (κ1) is 17.9. The van der Waals surface area contributed by atoms with Crippen LogP contribution in [0.2, 0.25) is 0 Å². The molecule has 2 heterocycles. The molecule has 2 aliphatic rings. The van der Waals surface area contributed by atoms with Gasteiger partial charge in [-0.05, 0) is 56.4 Å². The van der Waals surface area contributed by atoms with Gasteiger partial charge in [0.25, 0.3) is 5.91 Å². The van der Waals surface area contributed by atoms with Crippen LogP contribution in [0, 0.1) is 0 Å². The number of thiophene rings is 1. The molecule has 2 aromatic rings. The molecule has 0 fully saturated rings. The third-order valence-corrected chi connectivity index (χ3v) is 5.97. The lowest BCUT2D eigenvalue weighted by molar-refractivity contribution is 0.0527. The van der Waals surface area contributed by atoms with E-state index in [9.17, 15) is 9.59 Å². The van der Waals surface area contributed by atoms with E-state index in [-0.39, 0.29) is 18.7 Å². The largest absolute Gasteiger partial charge is 0.462 e. The Morgan fingerprint density at radius 2 is 1.96 bits per heavy atom. The molecule has 1 N–H and O–H groups in total. The summed E-state index contributed by atoms with van der Waals surface area (Å²) in [5.41, 5.74) is 2.02. The summed E-state index contributed by atoms with van der Waals surface area (Å²) in [5, 5.41) is 3.49. The lowest BCUT2D eigenvalue weighted by Crippen LogP contribution is -2.15. The highest BCUT2D eigenvalue weighted by Gasteiger charge is 2.27. The number of nitrogens with one attached hydrogen (secondary N) is 1. The quantitative estimate of drug-likeness (QED) is 0.629. The molecule has 1 aromatic carbocycles. The molecular formula is C20H21NO5S. The molecular weight excluding hydrogens is 366 g/mol. The van der Waals surface area contributed by atoms with Crippen molar-refractivity contribution < 1.29 is 23.8 Å². The van der Waals surface area contributed by atoms with Crippen molar-refractivity contribution in [3.63, 3.8) is 0 Å². The molecule has 7 heteroatoms. The fourth-order valence-corrected chi connectivity index (χ4v) is 4.74. The average molecular weight is 387 g/mol. The Kier molecular flexibility index (Phi) is 5.03. The second-order valence-electron chi connectivity index (χ2n) is 6.51. The number of carbonyl (C=O) groups is 2. The van der Waals surface area contributed by atoms with Crippen molar-refractivity contribution in [3.05, 3.63) is 39.8 Å². The summed E-state index contributed by atoms with van der Waals surface area (Å²) in [7, 11) is 0. The van der Waals surface area contributed by atoms with E-state index in [4.69, 9.17) is 14.2 Å². The zero-order valence-corrected chi connectivity index (χ0v) is 15.9. The molecule has 4 rings (SSSR count). The van der Waals surface area contributed by atoms with Crippen LogP contribution < -0.4 is 14.8 Å². The molecule has 0 atom stereocenters. The molecule has 1 aliphatic carbocycles. The Balaban J connectivity index is 1.64. The van der Waals surface area contributed by atoms with Gasteiger partial charge in [-0.1, -0.05) is 6.42 Å². The van der Waals surface area contributed by atoms with Gasteiger partial charge in [-0.3, -0.25) is 4.79 Å². The maximum Gasteiger partial charge on any atom is 0.341 e. The smallest absolute Gasteiger partial charge is 0.341 e. The molecule has 0 unspecified atom stereocenters. The minimum Gasteiger partial charge on any atom is -0.462 e. The predicted molar refractivity (Wildman–Crippen MR) is 102 cm³/mol. The average Bonchev–Trinajstić information content (AvgIpc) is 3.19. The summed E-state index contributed by atoms with van der Waals surface area (Å²) in [5.74, 6) is 0.532. The lowest BCUT2D eigenvalue weighted by atomic mass is 10.1. The third kappa shape index (κ3) is 3.51. The van der Waals surface area contributed by atoms with Crippen molar-refractivity contribution >= 4 is 28.2 Å². The monoisotopic (exact) mass is 387 g/mol. The van der Waals surface area contributed by atoms with Gasteiger partial charge in [0.15, 0.2) is 11.5 Å². The number of ether oxygens (including phenoxy) is 3. The minimum absolute atomic E-state index is 0.158. The topological polar surface area (TPSA) is 73.9 Å². The molecule has 0 bridgehead atoms. The van der Waals surface area contributed by atoms with Crippen LogP contribution in [-0.4, -0.2) is 25.3 Å². The standard InChI is InChI=1S/C20H21NO5S/c1-2-24-20(23)17-13-6-4-3-5-7-16(13)27-19(17)21-18(22)12-8-9-14-15(10-12)26-11-25-14/h8-10H,2-7,11H2,1H3,(H,21,22). The highest BCUT2D eigenvalue weighted by Crippen LogP contribution is 2.39. The molecule has 0 saturated heterocycles. The summed E-state index contributed by atoms with van der Waals surface area (Å²) >= 11 is 1.49. The summed E-state index contributed by atoms with van der Waals surface area (Å²) in [4.78, 5) is 26.5. The number of amides is 1. The van der Waals surface area contributed by atoms with Crippen molar-refractivity contribution in [2.45, 2.75) is 39.0 Å². The second-order valence-corrected chi connectivity index (χ2v) is 7.62. The first-order valence-electron chi connectivity index (χ1n) is 9.20. The number of rotatable bonds is 4. The van der Waals surface area contributed by atoms with Gasteiger partial charge in [0.2, 0.25) is 6.79 Å². The lowest BCUT2D eigenvalue weighted by Gasteiger charge is -2.09. The third-order valence-electron chi connectivity index (χ3n) is 4.76. The number of benzene rings is 1. The van der Waals surface area contributed by atoms with Crippen LogP contribution in [0.15, 0.2) is 18.2 Å². The fourth-order valence-electron chi connectivity index (χ4n) is 3.46. The molecule has 0 spiro atoms. The molecule has 1 aliphatic heterocycles. The van der Waals surface area contributed by atoms with Gasteiger partial charge in [-0.15, -0.1) is 11.3 Å². The molecule has 27 heavy (non-hydrogen) atoms. The summed E-state index contributed by atoms with van der Waals surface area (Å²) in [6.45, 7) is 2.25. The van der Waals surface area contributed by atoms with E-state index in [1.54, 1.807) is 25.1 Å². The highest BCUT2D eigenvalue weighted by atomic mass is 32.1. The SMILES string of the molecule is CCOC(=O)c1c(NC(=O)c2ccc3c(c2)OCO3)sc2c1CCCCC2. The zero-order chi connectivity index (χ0) is 18.8. The van der Waals surface area contributed by atoms with E-state index in [0.29, 0.717) is 34.2 Å². The first-order chi connectivity index (χ1) is 13.2. The van der Waals surface area contributed by atoms with Gasteiger partial charge in [0, 0.05) is 10.4 Å². The van der Waals surface area contributed by atoms with Crippen molar-refractivity contribution in [2.24, 2.45) is 0 Å². The highest BCUT2D eigenvalue weighted by molar-refractivity contribution is 7.17. The van der Waals surface area contributed by atoms with E-state index in [1.807, 2.05) is 0 Å². The van der Waals surface area contributed by atoms with Gasteiger partial charge in [0.05, 0.1) is 12.2 Å². The maximum atomic E-state index is 12.8. The number of anilines is 1. The van der Waals surface area contributed by atoms with Crippen LogP contribution in [-0.2, 0) is 17.6 Å². The van der Waals surface area contributed by atoms with Crippen molar-refractivity contribution in [3.8, 4) is 11.5 Å². The Morgan fingerprint density at radius 1 is 1.15 bits per heavy atom. The van der Waals surface area contributed by atoms with Crippen LogP contribution in [0.4, 0.5) is 5.00 Å². The minimum atomic E-state index is -0.363. The van der Waals surface area contributed by atoms with Gasteiger partial charge >= 0.3 is 5.97 Å². The Labute approximate surface area is 161 Å². The van der Waals surface area contributed by atoms with Crippen LogP contribution in [0.1, 0.15) is 57.3 Å². The molecule has 0 radical (unpaired) electrons. The van der Waals surface area contributed by atoms with Gasteiger partial charge in [0.1, 0.15) is 5.00 Å². The van der Waals surface area contributed by atoms with E-state index in [1.165, 1.54) is 16.2 Å². The Morgan fingerprint density at radius 3 is 2.81 bits per heavy atom. The molecule has 1 aromatic heterocycles. The van der Waals surface area contributed by atoms with E-state index in [2.05, 4.69) is 5.32 Å². The molecule has 0 saturated carbocycles. The van der Waals surface area contributed by atoms with Crippen molar-refractivity contribution in [2.75, 3.05) is 18.7 Å². The Hall–Kier alpha value is -2.54. The number of hydrogen-bond acceptors (Lipinski definition) is 6. The molecule has 142 valence electrons. The van der Waals surface area contributed by atoms with Crippen molar-refractivity contribution in [1.29, 1.82) is 0 Å². The van der Waals surface area contributed by atoms with Gasteiger partial charge < -0.3 is 19.5 Å². The van der Waals surface area contributed by atoms with Crippen LogP contribution in [0.25, 0.3) is 0 Å². The van der Waals surface area contributed by atoms with E-state index < -0.39 is 0 Å². The predicted octanol–water partition coefficient (Wildman–Crippen LogP) is 4.17. The maximum absolute atomic E-state index is 12.8. The zero-order valence-electron chi connectivity index (χ0n) is 15.1. The van der Waals surface area contributed by atoms with Crippen LogP contribution in [0.5, 0.6) is 11.5 Å². The summed E-state index contributed by atoms with van der Waals surface area (Å²) < 4.78 is 15.9. The Bertz CT molecular complexity index is 889. The number of carbonyl (C=O) groups excluding carboxylic acids is 2. The van der Waals surface area contributed by atoms with Crippen molar-refractivity contribution in [1.82, 2.24) is 0 Å². The van der Waals surface area contributed by atoms with E-state index in [0.717, 1.165) is 37.7 Å². The van der Waals surface area contributed by atoms with Gasteiger partial charge in [-0.2, -0.15) is 0 Å². The second kappa shape index (κ2) is 7.60. The number of esters is 1. The normalized spacial score (nSPS) is 15.0. The van der Waals surface area contributed by atoms with E-state index >= 15 is 0 Å². The number of hydrogen-bond donors (Lipinski definition) is 1. The molecule has 1 amide bonds. The van der Waals surface area contributed by atoms with Crippen LogP contribution >= 0.6 is 11.3 Å². The van der Waals surface area contributed by atoms with Gasteiger partial charge in [-0.25, -0.2) is 4.79 Å². The fraction of sp³-hybridized carbons (Fsp3) is 0.400. The summed E-state index contributed by atoms with van der Waals surface area (Å²) in [6, 6.07) is 5.05. The first-order valence-corrected chi connectivity index (χ1v) is 10.0. The van der Waals surface area contributed by atoms with Crippen LogP contribution in [0.3, 0.4) is 0 Å². The number of aryl methyl sites for hydroxylation is 1. The molecule has 6 nitrogen and oxygen atoms in total. The summed E-state index contributed by atoms with van der Waals surface area (Å²) in [6.07, 6.45) is 5.09.